The first-order valence-corrected chi connectivity index (χ1v) is 14.4. The molecule has 2 unspecified atom stereocenters. The van der Waals surface area contributed by atoms with Crippen LogP contribution in [0.15, 0.2) is 43.5 Å². The number of esters is 1. The van der Waals surface area contributed by atoms with Gasteiger partial charge in [-0.1, -0.05) is 30.4 Å². The molecule has 1 spiro atoms. The number of benzene rings is 1. The Labute approximate surface area is 230 Å². The summed E-state index contributed by atoms with van der Waals surface area (Å²) < 4.78 is 4.48. The summed E-state index contributed by atoms with van der Waals surface area (Å²) in [6, 6.07) is 5.18. The van der Waals surface area contributed by atoms with E-state index in [0.717, 1.165) is 29.7 Å². The Morgan fingerprint density at radius 3 is 2.55 bits per heavy atom. The van der Waals surface area contributed by atoms with Crippen molar-refractivity contribution in [1.29, 1.82) is 0 Å². The molecule has 0 saturated carbocycles. The minimum absolute atomic E-state index is 0.0880. The van der Waals surface area contributed by atoms with Gasteiger partial charge in [0, 0.05) is 30.1 Å². The zero-order valence-corrected chi connectivity index (χ0v) is 23.6. The molecule has 4 rings (SSSR count). The van der Waals surface area contributed by atoms with Crippen LogP contribution in [0.2, 0.25) is 0 Å². The molecule has 3 heterocycles. The van der Waals surface area contributed by atoms with Crippen molar-refractivity contribution in [3.8, 4) is 0 Å². The fraction of sp³-hybridized carbons (Fsp3) is 0.567. The van der Waals surface area contributed by atoms with Crippen LogP contribution in [0.1, 0.15) is 50.2 Å². The first-order valence-electron chi connectivity index (χ1n) is 13.5. The molecule has 2 amide bonds. The number of aliphatic hydroxyl groups is 1. The maximum Gasteiger partial charge on any atom is 0.311 e. The van der Waals surface area contributed by atoms with Crippen LogP contribution in [0.5, 0.6) is 0 Å². The second-order valence-electron chi connectivity index (χ2n) is 10.9. The molecule has 0 radical (unpaired) electrons. The van der Waals surface area contributed by atoms with Gasteiger partial charge in [0.25, 0.3) is 5.91 Å². The predicted octanol–water partition coefficient (Wildman–Crippen LogP) is 4.20. The van der Waals surface area contributed by atoms with Crippen molar-refractivity contribution in [2.45, 2.75) is 68.4 Å². The van der Waals surface area contributed by atoms with E-state index < -0.39 is 27.4 Å². The summed E-state index contributed by atoms with van der Waals surface area (Å²) in [6.07, 6.45) is 6.70. The quantitative estimate of drug-likeness (QED) is 0.243. The molecular formula is C30H40N2O5S. The number of para-hydroxylation sites is 1. The van der Waals surface area contributed by atoms with Crippen LogP contribution in [0.3, 0.4) is 0 Å². The zero-order valence-electron chi connectivity index (χ0n) is 22.8. The van der Waals surface area contributed by atoms with Gasteiger partial charge in [0.2, 0.25) is 5.91 Å². The number of nitrogens with zero attached hydrogens (tertiary/aromatic N) is 2. The molecule has 0 aliphatic carbocycles. The minimum atomic E-state index is -0.740. The van der Waals surface area contributed by atoms with Gasteiger partial charge in [-0.3, -0.25) is 14.4 Å². The van der Waals surface area contributed by atoms with Gasteiger partial charge < -0.3 is 19.6 Å². The number of likely N-dealkylation sites (tertiary alicyclic amines) is 1. The highest BCUT2D eigenvalue weighted by molar-refractivity contribution is 8.02. The number of thioether (sulfide) groups is 1. The zero-order chi connectivity index (χ0) is 27.7. The molecule has 2 bridgehead atoms. The fourth-order valence-electron chi connectivity index (χ4n) is 6.83. The summed E-state index contributed by atoms with van der Waals surface area (Å²) in [5, 5.41) is 9.60. The summed E-state index contributed by atoms with van der Waals surface area (Å²) in [5.74, 6) is -1.93. The number of aliphatic hydroxyl groups excluding tert-OH is 1. The second kappa shape index (κ2) is 11.3. The molecule has 1 aromatic rings. The number of carbonyl (C=O) groups is 3. The van der Waals surface area contributed by atoms with Crippen LogP contribution in [-0.2, 0) is 19.1 Å². The number of rotatable bonds is 12. The Kier molecular flexibility index (Phi) is 8.43. The Morgan fingerprint density at radius 2 is 1.92 bits per heavy atom. The van der Waals surface area contributed by atoms with Crippen LogP contribution in [0.4, 0.5) is 5.69 Å². The number of unbranched alkanes of at least 4 members (excludes halogenated alkanes) is 1. The highest BCUT2D eigenvalue weighted by atomic mass is 32.2. The Morgan fingerprint density at radius 1 is 1.21 bits per heavy atom. The molecule has 3 fully saturated rings. The molecule has 3 saturated heterocycles. The molecule has 206 valence electrons. The van der Waals surface area contributed by atoms with Crippen LogP contribution < -0.4 is 4.90 Å². The van der Waals surface area contributed by atoms with Crippen LogP contribution in [0.25, 0.3) is 0 Å². The number of anilines is 1. The minimum Gasteiger partial charge on any atom is -0.465 e. The van der Waals surface area contributed by atoms with Gasteiger partial charge in [-0.05, 0) is 64.0 Å². The molecule has 0 aromatic heterocycles. The van der Waals surface area contributed by atoms with Gasteiger partial charge in [0.1, 0.15) is 6.04 Å². The topological polar surface area (TPSA) is 87.1 Å². The molecule has 7 nitrogen and oxygen atoms in total. The monoisotopic (exact) mass is 540 g/mol. The molecule has 1 aromatic carbocycles. The Balaban J connectivity index is 1.75. The van der Waals surface area contributed by atoms with Gasteiger partial charge in [0.15, 0.2) is 0 Å². The number of ether oxygens (including phenoxy) is 1. The van der Waals surface area contributed by atoms with Crippen molar-refractivity contribution in [3.05, 3.63) is 54.6 Å². The summed E-state index contributed by atoms with van der Waals surface area (Å²) in [4.78, 5) is 45.5. The molecule has 38 heavy (non-hydrogen) atoms. The lowest BCUT2D eigenvalue weighted by Gasteiger charge is -2.38. The highest BCUT2D eigenvalue weighted by Gasteiger charge is 2.77. The lowest BCUT2D eigenvalue weighted by molar-refractivity contribution is -0.155. The van der Waals surface area contributed by atoms with Gasteiger partial charge >= 0.3 is 5.97 Å². The van der Waals surface area contributed by atoms with Crippen LogP contribution >= 0.6 is 11.8 Å². The number of aryl methyl sites for hydroxylation is 2. The van der Waals surface area contributed by atoms with E-state index in [1.165, 1.54) is 0 Å². The van der Waals surface area contributed by atoms with E-state index in [1.807, 2.05) is 39.0 Å². The lowest BCUT2D eigenvalue weighted by atomic mass is 9.66. The van der Waals surface area contributed by atoms with E-state index >= 15 is 0 Å². The van der Waals surface area contributed by atoms with Crippen molar-refractivity contribution in [2.24, 2.45) is 11.8 Å². The predicted molar refractivity (Wildman–Crippen MR) is 151 cm³/mol. The molecule has 8 heteroatoms. The van der Waals surface area contributed by atoms with Crippen LogP contribution in [-0.4, -0.2) is 69.6 Å². The molecule has 1 N–H and O–H groups in total. The standard InChI is InChI=1S/C30H40N2O5S/c1-6-8-9-19-37-28(36)23-22-26(34)32(17-11-18-33)25(30(22)15-14-29(23,5)38-30)27(35)31(16-7-2)24-20(3)12-10-13-21(24)4/h6-7,10,12-13,22-23,25,33H,1-2,8-9,11,14-19H2,3-5H3/t22-,23-,25?,29+,30?/m0/s1. The third-order valence-electron chi connectivity index (χ3n) is 8.41. The molecular weight excluding hydrogens is 500 g/mol. The third kappa shape index (κ3) is 4.60. The van der Waals surface area contributed by atoms with Crippen molar-refractivity contribution in [3.63, 3.8) is 0 Å². The fourth-order valence-corrected chi connectivity index (χ4v) is 9.17. The number of fused-ring (bicyclic) bond motifs is 1. The summed E-state index contributed by atoms with van der Waals surface area (Å²) in [6.45, 7) is 14.4. The van der Waals surface area contributed by atoms with Gasteiger partial charge in [-0.2, -0.15) is 0 Å². The first kappa shape index (κ1) is 28.4. The Bertz CT molecular complexity index is 1100. The second-order valence-corrected chi connectivity index (χ2v) is 12.8. The maximum atomic E-state index is 14.6. The third-order valence-corrected chi connectivity index (χ3v) is 10.4. The molecule has 3 aliphatic rings. The largest absolute Gasteiger partial charge is 0.465 e. The number of amides is 2. The van der Waals surface area contributed by atoms with Gasteiger partial charge in [-0.15, -0.1) is 24.9 Å². The number of hydrogen-bond donors (Lipinski definition) is 1. The molecule has 5 atom stereocenters. The SMILES string of the molecule is C=CCCCOC(=O)[C@@H]1[C@H]2C(=O)N(CCCO)C(C(=O)N(CC=C)c3c(C)cccc3C)C23CC[C@@]1(C)S3. The lowest BCUT2D eigenvalue weighted by Crippen LogP contribution is -2.55. The summed E-state index contributed by atoms with van der Waals surface area (Å²) >= 11 is 1.63. The molecule has 3 aliphatic heterocycles. The van der Waals surface area contributed by atoms with Gasteiger partial charge in [0.05, 0.1) is 23.2 Å². The highest BCUT2D eigenvalue weighted by Crippen LogP contribution is 2.71. The van der Waals surface area contributed by atoms with E-state index in [9.17, 15) is 19.5 Å². The average molecular weight is 541 g/mol. The van der Waals surface area contributed by atoms with E-state index in [2.05, 4.69) is 13.2 Å². The first-order chi connectivity index (χ1) is 18.2. The maximum absolute atomic E-state index is 14.6. The Hall–Kier alpha value is -2.58. The van der Waals surface area contributed by atoms with E-state index in [1.54, 1.807) is 33.7 Å². The van der Waals surface area contributed by atoms with Crippen molar-refractivity contribution < 1.29 is 24.2 Å². The van der Waals surface area contributed by atoms with Crippen molar-refractivity contribution in [2.75, 3.05) is 31.2 Å². The normalized spacial score (nSPS) is 29.3. The number of allylic oxidation sites excluding steroid dienone is 1. The summed E-state index contributed by atoms with van der Waals surface area (Å²) in [5.41, 5.74) is 2.77. The van der Waals surface area contributed by atoms with Crippen LogP contribution in [0, 0.1) is 25.7 Å². The van der Waals surface area contributed by atoms with Gasteiger partial charge in [-0.25, -0.2) is 0 Å². The average Bonchev–Trinajstić information content (AvgIpc) is 3.44. The summed E-state index contributed by atoms with van der Waals surface area (Å²) in [7, 11) is 0. The van der Waals surface area contributed by atoms with Crippen molar-refractivity contribution in [1.82, 2.24) is 4.90 Å². The van der Waals surface area contributed by atoms with E-state index in [4.69, 9.17) is 4.74 Å². The van der Waals surface area contributed by atoms with E-state index in [-0.39, 0.29) is 37.5 Å². The number of hydrogen-bond acceptors (Lipinski definition) is 6. The smallest absolute Gasteiger partial charge is 0.311 e. The van der Waals surface area contributed by atoms with Crippen molar-refractivity contribution >= 4 is 35.2 Å². The van der Waals surface area contributed by atoms with E-state index in [0.29, 0.717) is 25.8 Å². The number of carbonyl (C=O) groups excluding carboxylic acids is 3.